The number of thiophene rings is 1. The van der Waals surface area contributed by atoms with E-state index in [1.165, 1.54) is 5.56 Å². The summed E-state index contributed by atoms with van der Waals surface area (Å²) in [4.78, 5) is 11.0. The predicted molar refractivity (Wildman–Crippen MR) is 59.1 cm³/mol. The van der Waals surface area contributed by atoms with Crippen LogP contribution in [-0.4, -0.2) is 11.9 Å². The molecule has 2 unspecified atom stereocenters. The maximum Gasteiger partial charge on any atom is 0.234 e. The number of amides is 1. The van der Waals surface area contributed by atoms with Crippen LogP contribution in [0.2, 0.25) is 0 Å². The molecule has 0 bridgehead atoms. The van der Waals surface area contributed by atoms with Gasteiger partial charge in [0.1, 0.15) is 0 Å². The number of carbonyl (C=O) groups excluding carboxylic acids is 1. The van der Waals surface area contributed by atoms with Crippen molar-refractivity contribution in [3.63, 3.8) is 0 Å². The molecule has 1 amide bonds. The highest BCUT2D eigenvalue weighted by molar-refractivity contribution is 7.07. The maximum atomic E-state index is 11.0. The van der Waals surface area contributed by atoms with Crippen molar-refractivity contribution in [3.8, 4) is 0 Å². The van der Waals surface area contributed by atoms with E-state index >= 15 is 0 Å². The molecule has 0 aliphatic heterocycles. The van der Waals surface area contributed by atoms with Crippen LogP contribution in [0.3, 0.4) is 0 Å². The number of carbonyl (C=O) groups is 1. The highest BCUT2D eigenvalue weighted by Gasteiger charge is 2.16. The lowest BCUT2D eigenvalue weighted by Gasteiger charge is -2.18. The quantitative estimate of drug-likeness (QED) is 0.780. The van der Waals surface area contributed by atoms with Crippen molar-refractivity contribution in [1.29, 1.82) is 0 Å². The van der Waals surface area contributed by atoms with Gasteiger partial charge in [-0.1, -0.05) is 6.92 Å². The molecule has 0 aliphatic carbocycles. The molecular formula is C10H16N2OS. The fourth-order valence-electron chi connectivity index (χ4n) is 1.32. The average Bonchev–Trinajstić information content (AvgIpc) is 2.65. The first kappa shape index (κ1) is 11.2. The molecule has 0 aromatic carbocycles. The van der Waals surface area contributed by atoms with Crippen molar-refractivity contribution in [1.82, 2.24) is 5.32 Å². The van der Waals surface area contributed by atoms with Crippen molar-refractivity contribution in [2.24, 2.45) is 5.73 Å². The summed E-state index contributed by atoms with van der Waals surface area (Å²) in [6.07, 6.45) is 0.726. The fraction of sp³-hybridized carbons (Fsp3) is 0.500. The van der Waals surface area contributed by atoms with Crippen LogP contribution >= 0.6 is 11.3 Å². The molecule has 0 spiro atoms. The van der Waals surface area contributed by atoms with Crippen LogP contribution < -0.4 is 11.1 Å². The Kier molecular flexibility index (Phi) is 4.10. The molecule has 0 saturated heterocycles. The third kappa shape index (κ3) is 2.82. The van der Waals surface area contributed by atoms with Gasteiger partial charge in [0.2, 0.25) is 5.91 Å². The van der Waals surface area contributed by atoms with Gasteiger partial charge in [-0.25, -0.2) is 0 Å². The molecule has 1 aromatic heterocycles. The second-order valence-corrected chi connectivity index (χ2v) is 4.09. The Morgan fingerprint density at radius 1 is 1.71 bits per heavy atom. The molecule has 0 radical (unpaired) electrons. The van der Waals surface area contributed by atoms with Gasteiger partial charge >= 0.3 is 0 Å². The second kappa shape index (κ2) is 5.12. The molecule has 1 aromatic rings. The van der Waals surface area contributed by atoms with Crippen molar-refractivity contribution in [2.45, 2.75) is 32.4 Å². The van der Waals surface area contributed by atoms with E-state index in [0.29, 0.717) is 0 Å². The first-order valence-corrected chi connectivity index (χ1v) is 5.67. The van der Waals surface area contributed by atoms with Gasteiger partial charge in [-0.2, -0.15) is 11.3 Å². The second-order valence-electron chi connectivity index (χ2n) is 3.31. The molecule has 3 N–H and O–H groups in total. The highest BCUT2D eigenvalue weighted by Crippen LogP contribution is 2.16. The molecule has 1 heterocycles. The van der Waals surface area contributed by atoms with E-state index in [0.717, 1.165) is 6.42 Å². The Balaban J connectivity index is 2.55. The molecule has 1 rings (SSSR count). The number of nitrogens with one attached hydrogen (secondary N) is 1. The Morgan fingerprint density at radius 2 is 2.43 bits per heavy atom. The lowest BCUT2D eigenvalue weighted by atomic mass is 10.1. The van der Waals surface area contributed by atoms with E-state index in [4.69, 9.17) is 5.73 Å². The Bertz CT molecular complexity index is 284. The number of rotatable bonds is 5. The van der Waals surface area contributed by atoms with Crippen molar-refractivity contribution in [2.75, 3.05) is 0 Å². The van der Waals surface area contributed by atoms with Crippen LogP contribution in [0.1, 0.15) is 31.9 Å². The molecule has 0 fully saturated rings. The molecule has 0 saturated carbocycles. The van der Waals surface area contributed by atoms with E-state index in [2.05, 4.69) is 16.8 Å². The van der Waals surface area contributed by atoms with Crippen LogP contribution in [0.4, 0.5) is 0 Å². The smallest absolute Gasteiger partial charge is 0.234 e. The van der Waals surface area contributed by atoms with Crippen molar-refractivity contribution < 1.29 is 4.79 Å². The fourth-order valence-corrected chi connectivity index (χ4v) is 2.07. The van der Waals surface area contributed by atoms with Crippen LogP contribution in [0.5, 0.6) is 0 Å². The van der Waals surface area contributed by atoms with Crippen molar-refractivity contribution in [3.05, 3.63) is 22.4 Å². The Labute approximate surface area is 88.3 Å². The number of primary amides is 1. The monoisotopic (exact) mass is 212 g/mol. The molecule has 3 nitrogen and oxygen atoms in total. The topological polar surface area (TPSA) is 55.1 Å². The minimum atomic E-state index is -0.283. The average molecular weight is 212 g/mol. The minimum absolute atomic E-state index is 0.179. The third-order valence-electron chi connectivity index (χ3n) is 2.25. The third-order valence-corrected chi connectivity index (χ3v) is 2.95. The lowest BCUT2D eigenvalue weighted by molar-refractivity contribution is -0.120. The summed E-state index contributed by atoms with van der Waals surface area (Å²) in [5.74, 6) is -0.283. The summed E-state index contributed by atoms with van der Waals surface area (Å²) in [6.45, 7) is 3.98. The first-order valence-electron chi connectivity index (χ1n) is 4.72. The van der Waals surface area contributed by atoms with E-state index in [1.54, 1.807) is 11.3 Å². The molecule has 78 valence electrons. The van der Waals surface area contributed by atoms with E-state index in [9.17, 15) is 4.79 Å². The summed E-state index contributed by atoms with van der Waals surface area (Å²) >= 11 is 1.65. The van der Waals surface area contributed by atoms with Gasteiger partial charge in [0.15, 0.2) is 0 Å². The van der Waals surface area contributed by atoms with E-state index < -0.39 is 0 Å². The highest BCUT2D eigenvalue weighted by atomic mass is 32.1. The van der Waals surface area contributed by atoms with E-state index in [-0.39, 0.29) is 18.0 Å². The number of nitrogens with two attached hydrogens (primary N) is 1. The van der Waals surface area contributed by atoms with Gasteiger partial charge in [-0.05, 0) is 35.7 Å². The van der Waals surface area contributed by atoms with Crippen LogP contribution in [-0.2, 0) is 4.79 Å². The van der Waals surface area contributed by atoms with Gasteiger partial charge in [0, 0.05) is 6.04 Å². The number of hydrogen-bond donors (Lipinski definition) is 2. The summed E-state index contributed by atoms with van der Waals surface area (Å²) in [5.41, 5.74) is 6.45. The van der Waals surface area contributed by atoms with Crippen molar-refractivity contribution >= 4 is 17.2 Å². The zero-order valence-electron chi connectivity index (χ0n) is 8.49. The lowest BCUT2D eigenvalue weighted by Crippen LogP contribution is -2.41. The summed E-state index contributed by atoms with van der Waals surface area (Å²) < 4.78 is 0. The zero-order valence-corrected chi connectivity index (χ0v) is 9.30. The van der Waals surface area contributed by atoms with Crippen LogP contribution in [0.15, 0.2) is 16.8 Å². The molecule has 0 aliphatic rings. The zero-order chi connectivity index (χ0) is 10.6. The number of hydrogen-bond acceptors (Lipinski definition) is 3. The van der Waals surface area contributed by atoms with Gasteiger partial charge in [0.05, 0.1) is 6.04 Å². The normalized spacial score (nSPS) is 15.0. The van der Waals surface area contributed by atoms with Crippen LogP contribution in [0, 0.1) is 0 Å². The first-order chi connectivity index (χ1) is 6.65. The van der Waals surface area contributed by atoms with Gasteiger partial charge in [-0.3, -0.25) is 10.1 Å². The Morgan fingerprint density at radius 3 is 2.86 bits per heavy atom. The standard InChI is InChI=1S/C10H16N2OS/c1-3-9(10(11)13)12-7(2)8-4-5-14-6-8/h4-7,9,12H,3H2,1-2H3,(H2,11,13). The molecule has 4 heteroatoms. The predicted octanol–water partition coefficient (Wildman–Crippen LogP) is 1.66. The van der Waals surface area contributed by atoms with Crippen LogP contribution in [0.25, 0.3) is 0 Å². The molecule has 14 heavy (non-hydrogen) atoms. The summed E-state index contributed by atoms with van der Waals surface area (Å²) in [7, 11) is 0. The van der Waals surface area contributed by atoms with Gasteiger partial charge in [-0.15, -0.1) is 0 Å². The minimum Gasteiger partial charge on any atom is -0.368 e. The van der Waals surface area contributed by atoms with Gasteiger partial charge < -0.3 is 5.73 Å². The SMILES string of the molecule is CCC(NC(C)c1ccsc1)C(N)=O. The van der Waals surface area contributed by atoms with Gasteiger partial charge in [0.25, 0.3) is 0 Å². The Hall–Kier alpha value is -0.870. The summed E-state index contributed by atoms with van der Waals surface area (Å²) in [6, 6.07) is 2.00. The maximum absolute atomic E-state index is 11.0. The van der Waals surface area contributed by atoms with E-state index in [1.807, 2.05) is 19.2 Å². The summed E-state index contributed by atoms with van der Waals surface area (Å²) in [5, 5.41) is 7.30. The largest absolute Gasteiger partial charge is 0.368 e. The molecular weight excluding hydrogens is 196 g/mol. The molecule has 2 atom stereocenters.